The van der Waals surface area contributed by atoms with Crippen LogP contribution in [0.5, 0.6) is 0 Å². The van der Waals surface area contributed by atoms with Gasteiger partial charge in [0.2, 0.25) is 0 Å². The topological polar surface area (TPSA) is 83.1 Å². The standard InChI is InChI=1S/C22H26F3N3O3S/c1-2-32(30,31)15-7-8-17-19(13-15)26-27-20(17)21(29)28-11-9-14(10-12-28)16-5-3-4-6-18(16)22(23,24)25/h3-6,14-15H,2,7-13H2,1H3,(H,26,27). The van der Waals surface area contributed by atoms with Gasteiger partial charge < -0.3 is 4.90 Å². The van der Waals surface area contributed by atoms with Crippen LogP contribution in [0.25, 0.3) is 0 Å². The highest BCUT2D eigenvalue weighted by atomic mass is 32.2. The van der Waals surface area contributed by atoms with Crippen LogP contribution in [0.3, 0.4) is 0 Å². The van der Waals surface area contributed by atoms with Crippen LogP contribution in [0.15, 0.2) is 24.3 Å². The van der Waals surface area contributed by atoms with Crippen LogP contribution >= 0.6 is 0 Å². The fraction of sp³-hybridized carbons (Fsp3) is 0.545. The normalized spacial score (nSPS) is 20.2. The van der Waals surface area contributed by atoms with E-state index < -0.39 is 26.8 Å². The summed E-state index contributed by atoms with van der Waals surface area (Å²) < 4.78 is 64.5. The minimum absolute atomic E-state index is 0.0827. The number of H-pyrrole nitrogens is 1. The van der Waals surface area contributed by atoms with Crippen molar-refractivity contribution in [3.05, 3.63) is 52.3 Å². The number of carbonyl (C=O) groups excluding carboxylic acids is 1. The van der Waals surface area contributed by atoms with E-state index in [0.717, 1.165) is 11.6 Å². The monoisotopic (exact) mass is 469 g/mol. The van der Waals surface area contributed by atoms with Gasteiger partial charge in [0.15, 0.2) is 15.5 Å². The first-order chi connectivity index (χ1) is 15.1. The minimum Gasteiger partial charge on any atom is -0.337 e. The van der Waals surface area contributed by atoms with Crippen LogP contribution in [0, 0.1) is 0 Å². The Labute approximate surface area is 185 Å². The summed E-state index contributed by atoms with van der Waals surface area (Å²) >= 11 is 0. The zero-order valence-electron chi connectivity index (χ0n) is 17.8. The molecule has 0 spiro atoms. The summed E-state index contributed by atoms with van der Waals surface area (Å²) in [5, 5.41) is 6.56. The fourth-order valence-electron chi connectivity index (χ4n) is 4.85. The van der Waals surface area contributed by atoms with E-state index in [1.54, 1.807) is 17.9 Å². The Morgan fingerprint density at radius 1 is 1.19 bits per heavy atom. The maximum absolute atomic E-state index is 13.4. The zero-order chi connectivity index (χ0) is 23.1. The molecule has 1 N–H and O–H groups in total. The van der Waals surface area contributed by atoms with Gasteiger partial charge in [-0.25, -0.2) is 8.42 Å². The van der Waals surface area contributed by atoms with Crippen molar-refractivity contribution in [2.45, 2.75) is 56.4 Å². The molecule has 1 aliphatic heterocycles. The minimum atomic E-state index is -4.40. The number of carbonyl (C=O) groups is 1. The van der Waals surface area contributed by atoms with Crippen molar-refractivity contribution < 1.29 is 26.4 Å². The molecule has 0 saturated carbocycles. The molecule has 2 heterocycles. The van der Waals surface area contributed by atoms with E-state index in [4.69, 9.17) is 0 Å². The summed E-state index contributed by atoms with van der Waals surface area (Å²) in [5.74, 6) is -0.425. The molecule has 1 amide bonds. The van der Waals surface area contributed by atoms with Crippen LogP contribution in [0.4, 0.5) is 13.2 Å². The molecule has 10 heteroatoms. The first kappa shape index (κ1) is 22.8. The van der Waals surface area contributed by atoms with Gasteiger partial charge in [0.1, 0.15) is 0 Å². The predicted molar refractivity (Wildman–Crippen MR) is 113 cm³/mol. The lowest BCUT2D eigenvalue weighted by Gasteiger charge is -2.33. The molecule has 1 unspecified atom stereocenters. The number of benzene rings is 1. The summed E-state index contributed by atoms with van der Waals surface area (Å²) in [7, 11) is -3.17. The van der Waals surface area contributed by atoms with Gasteiger partial charge in [0.25, 0.3) is 5.91 Å². The third-order valence-corrected chi connectivity index (χ3v) is 8.92. The molecule has 4 rings (SSSR count). The molecule has 0 radical (unpaired) electrons. The molecule has 2 aliphatic rings. The van der Waals surface area contributed by atoms with Crippen LogP contribution in [0.2, 0.25) is 0 Å². The molecule has 1 aromatic carbocycles. The van der Waals surface area contributed by atoms with Gasteiger partial charge in [-0.3, -0.25) is 9.89 Å². The molecule has 6 nitrogen and oxygen atoms in total. The van der Waals surface area contributed by atoms with E-state index in [1.807, 2.05) is 0 Å². The molecule has 0 bridgehead atoms. The molecule has 32 heavy (non-hydrogen) atoms. The fourth-order valence-corrected chi connectivity index (χ4v) is 6.22. The number of sulfone groups is 1. The lowest BCUT2D eigenvalue weighted by molar-refractivity contribution is -0.138. The number of rotatable bonds is 4. The maximum Gasteiger partial charge on any atom is 0.416 e. The van der Waals surface area contributed by atoms with E-state index >= 15 is 0 Å². The number of piperidine rings is 1. The van der Waals surface area contributed by atoms with Gasteiger partial charge in [-0.05, 0) is 43.2 Å². The second-order valence-electron chi connectivity index (χ2n) is 8.50. The Balaban J connectivity index is 1.45. The molecule has 1 atom stereocenters. The zero-order valence-corrected chi connectivity index (χ0v) is 18.6. The highest BCUT2D eigenvalue weighted by Crippen LogP contribution is 2.39. The number of hydrogen-bond acceptors (Lipinski definition) is 4. The van der Waals surface area contributed by atoms with Crippen molar-refractivity contribution >= 4 is 15.7 Å². The number of alkyl halides is 3. The Hall–Kier alpha value is -2.36. The van der Waals surface area contributed by atoms with Crippen molar-refractivity contribution in [2.75, 3.05) is 18.8 Å². The van der Waals surface area contributed by atoms with E-state index in [1.165, 1.54) is 12.1 Å². The highest BCUT2D eigenvalue weighted by molar-refractivity contribution is 7.92. The van der Waals surface area contributed by atoms with E-state index in [2.05, 4.69) is 10.2 Å². The third kappa shape index (κ3) is 4.29. The van der Waals surface area contributed by atoms with Crippen molar-refractivity contribution in [1.29, 1.82) is 0 Å². The van der Waals surface area contributed by atoms with E-state index in [9.17, 15) is 26.4 Å². The number of hydrogen-bond donors (Lipinski definition) is 1. The van der Waals surface area contributed by atoms with Gasteiger partial charge in [-0.15, -0.1) is 0 Å². The van der Waals surface area contributed by atoms with Crippen molar-refractivity contribution in [3.8, 4) is 0 Å². The van der Waals surface area contributed by atoms with Crippen molar-refractivity contribution in [3.63, 3.8) is 0 Å². The Bertz CT molecular complexity index is 1100. The lowest BCUT2D eigenvalue weighted by Crippen LogP contribution is -2.39. The summed E-state index contributed by atoms with van der Waals surface area (Å²) in [6.45, 7) is 2.33. The summed E-state index contributed by atoms with van der Waals surface area (Å²) in [6, 6.07) is 5.64. The maximum atomic E-state index is 13.4. The number of nitrogens with one attached hydrogen (secondary N) is 1. The van der Waals surface area contributed by atoms with Crippen molar-refractivity contribution in [2.24, 2.45) is 0 Å². The highest BCUT2D eigenvalue weighted by Gasteiger charge is 2.37. The van der Waals surface area contributed by atoms with Gasteiger partial charge in [-0.2, -0.15) is 18.3 Å². The molecule has 1 fully saturated rings. The predicted octanol–water partition coefficient (Wildman–Crippen LogP) is 3.74. The van der Waals surface area contributed by atoms with Crippen LogP contribution < -0.4 is 0 Å². The number of aromatic amines is 1. The first-order valence-electron chi connectivity index (χ1n) is 10.8. The van der Waals surface area contributed by atoms with Gasteiger partial charge in [0, 0.05) is 36.5 Å². The number of amides is 1. The third-order valence-electron chi connectivity index (χ3n) is 6.70. The number of likely N-dealkylation sites (tertiary alicyclic amines) is 1. The largest absolute Gasteiger partial charge is 0.416 e. The summed E-state index contributed by atoms with van der Waals surface area (Å²) in [6.07, 6.45) is -2.26. The molecular weight excluding hydrogens is 443 g/mol. The van der Waals surface area contributed by atoms with E-state index in [-0.39, 0.29) is 23.1 Å². The van der Waals surface area contributed by atoms with Gasteiger partial charge in [-0.1, -0.05) is 25.1 Å². The molecule has 1 aliphatic carbocycles. The number of fused-ring (bicyclic) bond motifs is 1. The number of aromatic nitrogens is 2. The Kier molecular flexibility index (Phi) is 6.08. The van der Waals surface area contributed by atoms with Crippen molar-refractivity contribution in [1.82, 2.24) is 15.1 Å². The first-order valence-corrected chi connectivity index (χ1v) is 12.6. The quantitative estimate of drug-likeness (QED) is 0.740. The lowest BCUT2D eigenvalue weighted by atomic mass is 9.86. The molecule has 1 saturated heterocycles. The molecule has 2 aromatic rings. The Morgan fingerprint density at radius 3 is 2.53 bits per heavy atom. The number of nitrogens with zero attached hydrogens (tertiary/aromatic N) is 2. The van der Waals surface area contributed by atoms with Crippen LogP contribution in [0.1, 0.15) is 65.0 Å². The van der Waals surface area contributed by atoms with Crippen LogP contribution in [-0.4, -0.2) is 53.5 Å². The second-order valence-corrected chi connectivity index (χ2v) is 11.1. The van der Waals surface area contributed by atoms with Gasteiger partial charge >= 0.3 is 6.18 Å². The van der Waals surface area contributed by atoms with Gasteiger partial charge in [0.05, 0.1) is 10.8 Å². The molecular formula is C22H26F3N3O3S. The summed E-state index contributed by atoms with van der Waals surface area (Å²) in [5.41, 5.74) is 1.44. The average Bonchev–Trinajstić information content (AvgIpc) is 3.21. The SMILES string of the molecule is CCS(=O)(=O)C1CCc2c(C(=O)N3CCC(c4ccccc4C(F)(F)F)CC3)n[nH]c2C1. The molecule has 1 aromatic heterocycles. The smallest absolute Gasteiger partial charge is 0.337 e. The molecule has 174 valence electrons. The second kappa shape index (κ2) is 8.53. The number of halogens is 3. The van der Waals surface area contributed by atoms with E-state index in [0.29, 0.717) is 56.6 Å². The van der Waals surface area contributed by atoms with Crippen LogP contribution in [-0.2, 0) is 28.9 Å². The summed E-state index contributed by atoms with van der Waals surface area (Å²) in [4.78, 5) is 14.7. The Morgan fingerprint density at radius 2 is 1.88 bits per heavy atom. The average molecular weight is 470 g/mol.